The number of nitrogens with two attached hydrogens (primary N) is 1. The number of nitrogens with one attached hydrogen (secondary N) is 1. The van der Waals surface area contributed by atoms with Crippen molar-refractivity contribution in [1.82, 2.24) is 10.4 Å². The average Bonchev–Trinajstić information content (AvgIpc) is 2.29. The van der Waals surface area contributed by atoms with Crippen LogP contribution in [0.25, 0.3) is 0 Å². The lowest BCUT2D eigenvalue weighted by Gasteiger charge is -2.32. The molecule has 0 fully saturated rings. The van der Waals surface area contributed by atoms with Crippen LogP contribution >= 0.6 is 0 Å². The predicted molar refractivity (Wildman–Crippen MR) is 71.2 cm³/mol. The number of hydrogen-bond acceptors (Lipinski definition) is 5. The molecule has 18 heavy (non-hydrogen) atoms. The normalized spacial score (nSPS) is 13.7. The minimum Gasteiger partial charge on any atom is -0.489 e. The summed E-state index contributed by atoms with van der Waals surface area (Å²) in [6.07, 6.45) is 3.57. The summed E-state index contributed by atoms with van der Waals surface area (Å²) in [5.74, 6) is 6.35. The monoisotopic (exact) mass is 253 g/mol. The van der Waals surface area contributed by atoms with Crippen molar-refractivity contribution in [2.75, 3.05) is 7.11 Å². The minimum atomic E-state index is -0.438. The van der Waals surface area contributed by atoms with E-state index in [9.17, 15) is 0 Å². The van der Waals surface area contributed by atoms with Crippen molar-refractivity contribution in [3.8, 4) is 5.75 Å². The number of ether oxygens (including phenoxy) is 2. The van der Waals surface area contributed by atoms with Crippen molar-refractivity contribution in [1.29, 1.82) is 0 Å². The van der Waals surface area contributed by atoms with Gasteiger partial charge in [-0.25, -0.2) is 0 Å². The van der Waals surface area contributed by atoms with Gasteiger partial charge in [-0.05, 0) is 39.3 Å². The van der Waals surface area contributed by atoms with Gasteiger partial charge in [-0.2, -0.15) is 0 Å². The van der Waals surface area contributed by atoms with Gasteiger partial charge in [-0.1, -0.05) is 0 Å². The molecule has 0 aliphatic heterocycles. The van der Waals surface area contributed by atoms with Crippen LogP contribution in [-0.4, -0.2) is 23.8 Å². The van der Waals surface area contributed by atoms with Crippen molar-refractivity contribution < 1.29 is 9.47 Å². The lowest BCUT2D eigenvalue weighted by atomic mass is 9.93. The molecule has 1 heterocycles. The lowest BCUT2D eigenvalue weighted by Crippen LogP contribution is -2.44. The zero-order valence-electron chi connectivity index (χ0n) is 11.7. The first-order valence-corrected chi connectivity index (χ1v) is 6.03. The Bertz CT molecular complexity index is 380. The number of rotatable bonds is 6. The molecule has 0 spiro atoms. The molecule has 0 saturated heterocycles. The van der Waals surface area contributed by atoms with Crippen LogP contribution in [0.2, 0.25) is 0 Å². The molecule has 0 aliphatic carbocycles. The largest absolute Gasteiger partial charge is 0.489 e. The van der Waals surface area contributed by atoms with E-state index in [0.29, 0.717) is 0 Å². The van der Waals surface area contributed by atoms with E-state index in [0.717, 1.165) is 11.3 Å². The van der Waals surface area contributed by atoms with E-state index in [1.807, 2.05) is 33.8 Å². The Hall–Kier alpha value is -1.17. The number of hydrogen-bond donors (Lipinski definition) is 2. The van der Waals surface area contributed by atoms with Gasteiger partial charge >= 0.3 is 0 Å². The molecule has 1 aromatic heterocycles. The molecule has 0 aromatic carbocycles. The molecule has 0 aliphatic rings. The van der Waals surface area contributed by atoms with Gasteiger partial charge in [0.05, 0.1) is 23.9 Å². The molecule has 0 bridgehead atoms. The highest BCUT2D eigenvalue weighted by molar-refractivity contribution is 5.27. The molecule has 0 amide bonds. The molecule has 1 atom stereocenters. The van der Waals surface area contributed by atoms with Crippen molar-refractivity contribution >= 4 is 0 Å². The summed E-state index contributed by atoms with van der Waals surface area (Å²) in [4.78, 5) is 4.18. The van der Waals surface area contributed by atoms with E-state index in [4.69, 9.17) is 15.3 Å². The second kappa shape index (κ2) is 6.13. The Morgan fingerprint density at radius 1 is 1.33 bits per heavy atom. The third kappa shape index (κ3) is 3.66. The summed E-state index contributed by atoms with van der Waals surface area (Å²) in [5, 5.41) is 0. The summed E-state index contributed by atoms with van der Waals surface area (Å²) < 4.78 is 11.1. The number of aromatic nitrogens is 1. The van der Waals surface area contributed by atoms with Crippen LogP contribution in [0.3, 0.4) is 0 Å². The average molecular weight is 253 g/mol. The maximum absolute atomic E-state index is 5.62. The number of pyridine rings is 1. The van der Waals surface area contributed by atoms with Gasteiger partial charge in [0.25, 0.3) is 0 Å². The second-order valence-corrected chi connectivity index (χ2v) is 5.03. The third-order valence-corrected chi connectivity index (χ3v) is 2.83. The van der Waals surface area contributed by atoms with Crippen LogP contribution in [0.4, 0.5) is 0 Å². The molecular formula is C13H23N3O2. The molecule has 0 radical (unpaired) electrons. The first kappa shape index (κ1) is 14.9. The molecule has 1 unspecified atom stereocenters. The van der Waals surface area contributed by atoms with Crippen LogP contribution in [0.15, 0.2) is 18.5 Å². The Labute approximate surface area is 109 Å². The van der Waals surface area contributed by atoms with E-state index >= 15 is 0 Å². The van der Waals surface area contributed by atoms with Gasteiger partial charge in [0, 0.05) is 13.3 Å². The van der Waals surface area contributed by atoms with Gasteiger partial charge in [0.15, 0.2) is 0 Å². The van der Waals surface area contributed by atoms with Crippen LogP contribution in [-0.2, 0) is 4.74 Å². The van der Waals surface area contributed by atoms with Crippen LogP contribution in [0.5, 0.6) is 5.75 Å². The van der Waals surface area contributed by atoms with Gasteiger partial charge in [-0.3, -0.25) is 16.3 Å². The fraction of sp³-hybridized carbons (Fsp3) is 0.615. The highest BCUT2D eigenvalue weighted by Crippen LogP contribution is 2.29. The summed E-state index contributed by atoms with van der Waals surface area (Å²) in [6, 6.07) is 1.77. The van der Waals surface area contributed by atoms with Gasteiger partial charge in [0.1, 0.15) is 5.75 Å². The van der Waals surface area contributed by atoms with Crippen molar-refractivity contribution in [3.63, 3.8) is 0 Å². The summed E-state index contributed by atoms with van der Waals surface area (Å²) >= 11 is 0. The van der Waals surface area contributed by atoms with Crippen LogP contribution < -0.4 is 16.0 Å². The van der Waals surface area contributed by atoms with E-state index in [1.165, 1.54) is 0 Å². The fourth-order valence-electron chi connectivity index (χ4n) is 1.75. The third-order valence-electron chi connectivity index (χ3n) is 2.83. The number of methoxy groups -OCH3 is 1. The Morgan fingerprint density at radius 3 is 2.50 bits per heavy atom. The molecule has 102 valence electrons. The van der Waals surface area contributed by atoms with Crippen LogP contribution in [0.1, 0.15) is 39.3 Å². The molecule has 5 nitrogen and oxygen atoms in total. The topological polar surface area (TPSA) is 69.4 Å². The Balaban J connectivity index is 3.00. The van der Waals surface area contributed by atoms with Gasteiger partial charge in [-0.15, -0.1) is 0 Å². The van der Waals surface area contributed by atoms with E-state index < -0.39 is 5.60 Å². The van der Waals surface area contributed by atoms with Crippen molar-refractivity contribution in [2.45, 2.75) is 45.4 Å². The lowest BCUT2D eigenvalue weighted by molar-refractivity contribution is -0.0113. The maximum atomic E-state index is 5.62. The zero-order valence-corrected chi connectivity index (χ0v) is 11.7. The fourth-order valence-corrected chi connectivity index (χ4v) is 1.75. The Morgan fingerprint density at radius 2 is 2.00 bits per heavy atom. The summed E-state index contributed by atoms with van der Waals surface area (Å²) in [5.41, 5.74) is 3.26. The van der Waals surface area contributed by atoms with Crippen LogP contribution in [0, 0.1) is 0 Å². The molecular weight excluding hydrogens is 230 g/mol. The second-order valence-electron chi connectivity index (χ2n) is 5.03. The van der Waals surface area contributed by atoms with E-state index in [2.05, 4.69) is 10.4 Å². The van der Waals surface area contributed by atoms with Gasteiger partial charge in [0.2, 0.25) is 0 Å². The van der Waals surface area contributed by atoms with Crippen molar-refractivity contribution in [3.05, 3.63) is 24.0 Å². The summed E-state index contributed by atoms with van der Waals surface area (Å²) in [7, 11) is 1.66. The molecule has 0 saturated carbocycles. The van der Waals surface area contributed by atoms with E-state index in [-0.39, 0.29) is 12.1 Å². The summed E-state index contributed by atoms with van der Waals surface area (Å²) in [6.45, 7) is 7.88. The molecule has 3 N–H and O–H groups in total. The highest BCUT2D eigenvalue weighted by Gasteiger charge is 2.30. The maximum Gasteiger partial charge on any atom is 0.138 e. The first-order valence-electron chi connectivity index (χ1n) is 6.03. The molecule has 1 rings (SSSR count). The predicted octanol–water partition coefficient (Wildman–Crippen LogP) is 1.80. The van der Waals surface area contributed by atoms with Gasteiger partial charge < -0.3 is 9.47 Å². The Kier molecular flexibility index (Phi) is 5.07. The molecule has 5 heteroatoms. The standard InChI is InChI=1S/C13H23N3O2/c1-9(2)18-11-6-10(7-15-8-11)12(16-14)13(3,4)17-5/h6-9,12,16H,14H2,1-5H3. The highest BCUT2D eigenvalue weighted by atomic mass is 16.5. The zero-order chi connectivity index (χ0) is 13.8. The molecule has 1 aromatic rings. The smallest absolute Gasteiger partial charge is 0.138 e. The minimum absolute atomic E-state index is 0.113. The number of hydrazine groups is 1. The number of nitrogens with zero attached hydrogens (tertiary/aromatic N) is 1. The first-order chi connectivity index (χ1) is 8.40. The van der Waals surface area contributed by atoms with E-state index in [1.54, 1.807) is 19.5 Å². The SMILES string of the molecule is COC(C)(C)C(NN)c1cncc(OC(C)C)c1. The quantitative estimate of drug-likeness (QED) is 0.597. The van der Waals surface area contributed by atoms with Crippen molar-refractivity contribution in [2.24, 2.45) is 5.84 Å².